The Morgan fingerprint density at radius 2 is 2.14 bits per heavy atom. The van der Waals surface area contributed by atoms with Crippen LogP contribution in [0.25, 0.3) is 0 Å². The van der Waals surface area contributed by atoms with Crippen molar-refractivity contribution in [2.45, 2.75) is 39.5 Å². The van der Waals surface area contributed by atoms with E-state index in [1.807, 2.05) is 6.92 Å². The summed E-state index contributed by atoms with van der Waals surface area (Å²) in [5.41, 5.74) is 0. The van der Waals surface area contributed by atoms with Gasteiger partial charge in [0.05, 0.1) is 0 Å². The molecule has 1 aliphatic rings. The van der Waals surface area contributed by atoms with E-state index in [4.69, 9.17) is 4.74 Å². The zero-order valence-electron chi connectivity index (χ0n) is 9.58. The largest absolute Gasteiger partial charge is 0.385 e. The van der Waals surface area contributed by atoms with Gasteiger partial charge in [0.15, 0.2) is 0 Å². The molecule has 1 fully saturated rings. The normalized spacial score (nSPS) is 32.1. The van der Waals surface area contributed by atoms with Gasteiger partial charge in [-0.2, -0.15) is 0 Å². The molecule has 14 heavy (non-hydrogen) atoms. The SMILES string of the molecule is CCC(=O)C1C(C)CCC1CCOC. The van der Waals surface area contributed by atoms with Gasteiger partial charge in [-0.15, -0.1) is 0 Å². The fraction of sp³-hybridized carbons (Fsp3) is 0.917. The Morgan fingerprint density at radius 3 is 2.71 bits per heavy atom. The number of ketones is 1. The van der Waals surface area contributed by atoms with Crippen LogP contribution in [-0.2, 0) is 9.53 Å². The summed E-state index contributed by atoms with van der Waals surface area (Å²) in [5.74, 6) is 1.94. The lowest BCUT2D eigenvalue weighted by atomic mass is 9.84. The van der Waals surface area contributed by atoms with Crippen LogP contribution in [0.2, 0.25) is 0 Å². The zero-order chi connectivity index (χ0) is 10.6. The minimum atomic E-state index is 0.315. The van der Waals surface area contributed by atoms with Crippen LogP contribution in [0.3, 0.4) is 0 Å². The Labute approximate surface area is 87.0 Å². The number of rotatable bonds is 5. The van der Waals surface area contributed by atoms with Gasteiger partial charge in [0.1, 0.15) is 5.78 Å². The van der Waals surface area contributed by atoms with Crippen molar-refractivity contribution in [3.05, 3.63) is 0 Å². The van der Waals surface area contributed by atoms with Crippen LogP contribution >= 0.6 is 0 Å². The van der Waals surface area contributed by atoms with Gasteiger partial charge < -0.3 is 4.74 Å². The van der Waals surface area contributed by atoms with Crippen LogP contribution in [-0.4, -0.2) is 19.5 Å². The smallest absolute Gasteiger partial charge is 0.136 e. The van der Waals surface area contributed by atoms with Gasteiger partial charge in [-0.05, 0) is 31.1 Å². The Hall–Kier alpha value is -0.370. The molecule has 3 atom stereocenters. The molecule has 0 aromatic heterocycles. The molecule has 1 rings (SSSR count). The topological polar surface area (TPSA) is 26.3 Å². The maximum atomic E-state index is 11.8. The summed E-state index contributed by atoms with van der Waals surface area (Å²) in [6.45, 7) is 4.98. The third kappa shape index (κ3) is 2.57. The molecule has 0 N–H and O–H groups in total. The summed E-state index contributed by atoms with van der Waals surface area (Å²) in [6.07, 6.45) is 4.17. The predicted octanol–water partition coefficient (Wildman–Crippen LogP) is 2.66. The minimum absolute atomic E-state index is 0.315. The molecule has 0 radical (unpaired) electrons. The predicted molar refractivity (Wildman–Crippen MR) is 57.2 cm³/mol. The van der Waals surface area contributed by atoms with Crippen LogP contribution in [0.5, 0.6) is 0 Å². The summed E-state index contributed by atoms with van der Waals surface area (Å²) >= 11 is 0. The van der Waals surface area contributed by atoms with E-state index >= 15 is 0 Å². The first-order chi connectivity index (χ1) is 6.70. The van der Waals surface area contributed by atoms with E-state index in [-0.39, 0.29) is 0 Å². The van der Waals surface area contributed by atoms with Gasteiger partial charge in [-0.25, -0.2) is 0 Å². The van der Waals surface area contributed by atoms with Crippen LogP contribution in [0.15, 0.2) is 0 Å². The van der Waals surface area contributed by atoms with Gasteiger partial charge in [-0.3, -0.25) is 4.79 Å². The average molecular weight is 198 g/mol. The average Bonchev–Trinajstić information content (AvgIpc) is 2.55. The summed E-state index contributed by atoms with van der Waals surface area (Å²) in [4.78, 5) is 11.8. The Bertz CT molecular complexity index is 189. The number of methoxy groups -OCH3 is 1. The second kappa shape index (κ2) is 5.50. The minimum Gasteiger partial charge on any atom is -0.385 e. The van der Waals surface area contributed by atoms with Crippen molar-refractivity contribution in [1.82, 2.24) is 0 Å². The zero-order valence-corrected chi connectivity index (χ0v) is 9.58. The van der Waals surface area contributed by atoms with Crippen molar-refractivity contribution in [2.24, 2.45) is 17.8 Å². The van der Waals surface area contributed by atoms with Gasteiger partial charge in [0.25, 0.3) is 0 Å². The van der Waals surface area contributed by atoms with Gasteiger partial charge >= 0.3 is 0 Å². The highest BCUT2D eigenvalue weighted by atomic mass is 16.5. The first kappa shape index (κ1) is 11.7. The fourth-order valence-electron chi connectivity index (χ4n) is 2.71. The van der Waals surface area contributed by atoms with E-state index in [9.17, 15) is 4.79 Å². The van der Waals surface area contributed by atoms with E-state index in [0.29, 0.717) is 30.0 Å². The standard InChI is InChI=1S/C12H22O2/c1-4-11(13)12-9(2)5-6-10(12)7-8-14-3/h9-10,12H,4-8H2,1-3H3. The maximum absolute atomic E-state index is 11.8. The van der Waals surface area contributed by atoms with Gasteiger partial charge in [-0.1, -0.05) is 13.8 Å². The van der Waals surface area contributed by atoms with Crippen LogP contribution in [0.4, 0.5) is 0 Å². The third-order valence-electron chi connectivity index (χ3n) is 3.53. The lowest BCUT2D eigenvalue weighted by molar-refractivity contribution is -0.124. The Morgan fingerprint density at radius 1 is 1.43 bits per heavy atom. The molecule has 1 saturated carbocycles. The van der Waals surface area contributed by atoms with Crippen LogP contribution in [0, 0.1) is 17.8 Å². The molecule has 2 heteroatoms. The highest BCUT2D eigenvalue weighted by Gasteiger charge is 2.36. The molecular formula is C12H22O2. The van der Waals surface area contributed by atoms with Crippen LogP contribution < -0.4 is 0 Å². The number of carbonyl (C=O) groups is 1. The molecule has 0 bridgehead atoms. The monoisotopic (exact) mass is 198 g/mol. The molecule has 0 spiro atoms. The third-order valence-corrected chi connectivity index (χ3v) is 3.53. The van der Waals surface area contributed by atoms with Crippen molar-refractivity contribution < 1.29 is 9.53 Å². The van der Waals surface area contributed by atoms with Gasteiger partial charge in [0.2, 0.25) is 0 Å². The van der Waals surface area contributed by atoms with E-state index in [2.05, 4.69) is 6.92 Å². The molecular weight excluding hydrogens is 176 g/mol. The molecule has 0 aromatic carbocycles. The summed E-state index contributed by atoms with van der Waals surface area (Å²) < 4.78 is 5.09. The first-order valence-electron chi connectivity index (χ1n) is 5.72. The number of hydrogen-bond acceptors (Lipinski definition) is 2. The molecule has 2 nitrogen and oxygen atoms in total. The number of Topliss-reactive ketones (excluding diaryl/α,β-unsaturated/α-hetero) is 1. The van der Waals surface area contributed by atoms with Crippen molar-refractivity contribution >= 4 is 5.78 Å². The second-order valence-electron chi connectivity index (χ2n) is 4.44. The molecule has 82 valence electrons. The molecule has 1 aliphatic carbocycles. The fourth-order valence-corrected chi connectivity index (χ4v) is 2.71. The van der Waals surface area contributed by atoms with Crippen LogP contribution in [0.1, 0.15) is 39.5 Å². The van der Waals surface area contributed by atoms with E-state index in [1.54, 1.807) is 7.11 Å². The molecule has 0 saturated heterocycles. The molecule has 3 unspecified atom stereocenters. The van der Waals surface area contributed by atoms with Crippen molar-refractivity contribution in [3.63, 3.8) is 0 Å². The van der Waals surface area contributed by atoms with Crippen molar-refractivity contribution in [1.29, 1.82) is 0 Å². The van der Waals surface area contributed by atoms with Gasteiger partial charge in [0, 0.05) is 26.1 Å². The lowest BCUT2D eigenvalue weighted by Crippen LogP contribution is -2.23. The molecule has 0 heterocycles. The van der Waals surface area contributed by atoms with E-state index < -0.39 is 0 Å². The highest BCUT2D eigenvalue weighted by Crippen LogP contribution is 2.39. The molecule has 0 aromatic rings. The summed E-state index contributed by atoms with van der Waals surface area (Å²) in [5, 5.41) is 0. The van der Waals surface area contributed by atoms with E-state index in [0.717, 1.165) is 13.0 Å². The quantitative estimate of drug-likeness (QED) is 0.679. The Balaban J connectivity index is 2.52. The number of hydrogen-bond donors (Lipinski definition) is 0. The molecule has 0 amide bonds. The summed E-state index contributed by atoms with van der Waals surface area (Å²) in [6, 6.07) is 0. The highest BCUT2D eigenvalue weighted by molar-refractivity contribution is 5.81. The first-order valence-corrected chi connectivity index (χ1v) is 5.72. The number of carbonyl (C=O) groups excluding carboxylic acids is 1. The van der Waals surface area contributed by atoms with Crippen molar-refractivity contribution in [3.8, 4) is 0 Å². The lowest BCUT2D eigenvalue weighted by Gasteiger charge is -2.20. The number of ether oxygens (including phenoxy) is 1. The maximum Gasteiger partial charge on any atom is 0.136 e. The van der Waals surface area contributed by atoms with Crippen molar-refractivity contribution in [2.75, 3.05) is 13.7 Å². The summed E-state index contributed by atoms with van der Waals surface area (Å²) in [7, 11) is 1.73. The van der Waals surface area contributed by atoms with E-state index in [1.165, 1.54) is 12.8 Å². The molecule has 0 aliphatic heterocycles. The Kier molecular flexibility index (Phi) is 4.59. The second-order valence-corrected chi connectivity index (χ2v) is 4.44.